The molecule has 0 aliphatic rings. The summed E-state index contributed by atoms with van der Waals surface area (Å²) >= 11 is 11.8. The van der Waals surface area contributed by atoms with Crippen LogP contribution >= 0.6 is 23.2 Å². The first kappa shape index (κ1) is 9.56. The van der Waals surface area contributed by atoms with E-state index in [1.807, 2.05) is 25.2 Å². The minimum absolute atomic E-state index is 0.633. The Bertz CT molecular complexity index is 443. The van der Waals surface area contributed by atoms with E-state index < -0.39 is 0 Å². The van der Waals surface area contributed by atoms with E-state index in [0.717, 1.165) is 11.3 Å². The van der Waals surface area contributed by atoms with Crippen LogP contribution in [0.25, 0.3) is 11.3 Å². The van der Waals surface area contributed by atoms with Gasteiger partial charge in [-0.3, -0.25) is 4.68 Å². The molecule has 1 heterocycles. The Morgan fingerprint density at radius 1 is 1.14 bits per heavy atom. The number of rotatable bonds is 1. The summed E-state index contributed by atoms with van der Waals surface area (Å²) in [6.45, 7) is 0. The molecular formula is C10H8Cl2N2. The molecule has 0 aliphatic carbocycles. The molecule has 0 saturated carbocycles. The van der Waals surface area contributed by atoms with Gasteiger partial charge < -0.3 is 0 Å². The summed E-state index contributed by atoms with van der Waals surface area (Å²) in [5, 5.41) is 5.35. The lowest BCUT2D eigenvalue weighted by molar-refractivity contribution is 0.776. The summed E-state index contributed by atoms with van der Waals surface area (Å²) in [7, 11) is 1.88. The zero-order valence-electron chi connectivity index (χ0n) is 7.54. The Morgan fingerprint density at radius 2 is 1.79 bits per heavy atom. The zero-order chi connectivity index (χ0) is 10.1. The van der Waals surface area contributed by atoms with Crippen LogP contribution in [0.15, 0.2) is 30.5 Å². The van der Waals surface area contributed by atoms with Gasteiger partial charge in [0, 0.05) is 28.9 Å². The van der Waals surface area contributed by atoms with E-state index in [4.69, 9.17) is 23.2 Å². The number of aryl methyl sites for hydroxylation is 1. The molecule has 0 unspecified atom stereocenters. The summed E-state index contributed by atoms with van der Waals surface area (Å²) in [4.78, 5) is 0. The van der Waals surface area contributed by atoms with Crippen LogP contribution in [0.5, 0.6) is 0 Å². The molecule has 4 heteroatoms. The fourth-order valence-electron chi connectivity index (χ4n) is 1.36. The lowest BCUT2D eigenvalue weighted by Gasteiger charge is -2.03. The Kier molecular flexibility index (Phi) is 2.48. The minimum atomic E-state index is 0.633. The molecule has 1 aromatic heterocycles. The van der Waals surface area contributed by atoms with Crippen LogP contribution in [0.3, 0.4) is 0 Å². The molecule has 14 heavy (non-hydrogen) atoms. The molecule has 1 aromatic carbocycles. The quantitative estimate of drug-likeness (QED) is 0.730. The highest BCUT2D eigenvalue weighted by Gasteiger charge is 2.04. The van der Waals surface area contributed by atoms with Crippen LogP contribution in [0, 0.1) is 0 Å². The lowest BCUT2D eigenvalue weighted by atomic mass is 10.1. The molecule has 2 nitrogen and oxygen atoms in total. The summed E-state index contributed by atoms with van der Waals surface area (Å²) in [5.74, 6) is 0. The van der Waals surface area contributed by atoms with Crippen molar-refractivity contribution in [2.45, 2.75) is 0 Å². The average Bonchev–Trinajstić information content (AvgIpc) is 2.49. The second-order valence-corrected chi connectivity index (χ2v) is 3.87. The van der Waals surface area contributed by atoms with Crippen molar-refractivity contribution in [3.8, 4) is 11.3 Å². The smallest absolute Gasteiger partial charge is 0.0679 e. The molecule has 0 N–H and O–H groups in total. The normalized spacial score (nSPS) is 10.5. The van der Waals surface area contributed by atoms with Crippen molar-refractivity contribution >= 4 is 23.2 Å². The predicted molar refractivity (Wildman–Crippen MR) is 58.7 cm³/mol. The maximum absolute atomic E-state index is 5.91. The molecule has 0 radical (unpaired) electrons. The van der Waals surface area contributed by atoms with E-state index in [-0.39, 0.29) is 0 Å². The van der Waals surface area contributed by atoms with Gasteiger partial charge in [0.25, 0.3) is 0 Å². The molecule has 2 aromatic rings. The third-order valence-electron chi connectivity index (χ3n) is 1.98. The number of benzene rings is 1. The number of nitrogens with zero attached hydrogens (tertiary/aromatic N) is 2. The van der Waals surface area contributed by atoms with Crippen LogP contribution in [-0.2, 0) is 7.05 Å². The first-order valence-electron chi connectivity index (χ1n) is 4.11. The summed E-state index contributed by atoms with van der Waals surface area (Å²) in [6, 6.07) is 7.36. The minimum Gasteiger partial charge on any atom is -0.268 e. The molecule has 0 amide bonds. The van der Waals surface area contributed by atoms with Gasteiger partial charge in [0.15, 0.2) is 0 Å². The molecule has 0 atom stereocenters. The molecule has 0 fully saturated rings. The van der Waals surface area contributed by atoms with Gasteiger partial charge in [-0.2, -0.15) is 5.10 Å². The molecular weight excluding hydrogens is 219 g/mol. The van der Waals surface area contributed by atoms with Gasteiger partial charge in [-0.1, -0.05) is 23.2 Å². The number of hydrogen-bond acceptors (Lipinski definition) is 1. The SMILES string of the molecule is Cn1nccc1-c1cc(Cl)cc(Cl)c1. The molecule has 0 saturated heterocycles. The van der Waals surface area contributed by atoms with Gasteiger partial charge in [-0.05, 0) is 24.3 Å². The van der Waals surface area contributed by atoms with Crippen LogP contribution < -0.4 is 0 Å². The van der Waals surface area contributed by atoms with Crippen LogP contribution in [-0.4, -0.2) is 9.78 Å². The first-order valence-corrected chi connectivity index (χ1v) is 4.87. The summed E-state index contributed by atoms with van der Waals surface area (Å²) in [5.41, 5.74) is 1.97. The average molecular weight is 227 g/mol. The van der Waals surface area contributed by atoms with Crippen LogP contribution in [0.1, 0.15) is 0 Å². The third-order valence-corrected chi connectivity index (χ3v) is 2.42. The van der Waals surface area contributed by atoms with E-state index in [9.17, 15) is 0 Å². The monoisotopic (exact) mass is 226 g/mol. The molecule has 72 valence electrons. The van der Waals surface area contributed by atoms with Crippen molar-refractivity contribution in [3.63, 3.8) is 0 Å². The molecule has 0 spiro atoms. The maximum atomic E-state index is 5.91. The molecule has 0 bridgehead atoms. The highest BCUT2D eigenvalue weighted by Crippen LogP contribution is 2.26. The number of halogens is 2. The Hall–Kier alpha value is -0.990. The Morgan fingerprint density at radius 3 is 2.29 bits per heavy atom. The second kappa shape index (κ2) is 3.64. The van der Waals surface area contributed by atoms with Crippen molar-refractivity contribution in [3.05, 3.63) is 40.5 Å². The van der Waals surface area contributed by atoms with E-state index in [2.05, 4.69) is 5.10 Å². The highest BCUT2D eigenvalue weighted by molar-refractivity contribution is 6.35. The molecule has 2 rings (SSSR count). The van der Waals surface area contributed by atoms with E-state index >= 15 is 0 Å². The largest absolute Gasteiger partial charge is 0.268 e. The fraction of sp³-hybridized carbons (Fsp3) is 0.100. The topological polar surface area (TPSA) is 17.8 Å². The number of hydrogen-bond donors (Lipinski definition) is 0. The van der Waals surface area contributed by atoms with Crippen molar-refractivity contribution in [1.82, 2.24) is 9.78 Å². The van der Waals surface area contributed by atoms with Gasteiger partial charge in [-0.25, -0.2) is 0 Å². The highest BCUT2D eigenvalue weighted by atomic mass is 35.5. The number of aromatic nitrogens is 2. The Labute approximate surface area is 92.1 Å². The van der Waals surface area contributed by atoms with Crippen LogP contribution in [0.4, 0.5) is 0 Å². The van der Waals surface area contributed by atoms with Gasteiger partial charge in [-0.15, -0.1) is 0 Å². The lowest BCUT2D eigenvalue weighted by Crippen LogP contribution is -1.92. The second-order valence-electron chi connectivity index (χ2n) is 3.00. The fourth-order valence-corrected chi connectivity index (χ4v) is 1.88. The summed E-state index contributed by atoms with van der Waals surface area (Å²) < 4.78 is 1.78. The third kappa shape index (κ3) is 1.76. The zero-order valence-corrected chi connectivity index (χ0v) is 9.05. The standard InChI is InChI=1S/C10H8Cl2N2/c1-14-10(2-3-13-14)7-4-8(11)6-9(12)5-7/h2-6H,1H3. The predicted octanol–water partition coefficient (Wildman–Crippen LogP) is 3.39. The van der Waals surface area contributed by atoms with Gasteiger partial charge in [0.2, 0.25) is 0 Å². The summed E-state index contributed by atoms with van der Waals surface area (Å²) in [6.07, 6.45) is 1.74. The van der Waals surface area contributed by atoms with Crippen molar-refractivity contribution < 1.29 is 0 Å². The Balaban J connectivity index is 2.57. The van der Waals surface area contributed by atoms with Crippen molar-refractivity contribution in [1.29, 1.82) is 0 Å². The van der Waals surface area contributed by atoms with E-state index in [0.29, 0.717) is 10.0 Å². The van der Waals surface area contributed by atoms with Gasteiger partial charge in [0.1, 0.15) is 0 Å². The van der Waals surface area contributed by atoms with Gasteiger partial charge >= 0.3 is 0 Å². The first-order chi connectivity index (χ1) is 6.66. The van der Waals surface area contributed by atoms with E-state index in [1.165, 1.54) is 0 Å². The maximum Gasteiger partial charge on any atom is 0.0679 e. The van der Waals surface area contributed by atoms with Crippen LogP contribution in [0.2, 0.25) is 10.0 Å². The van der Waals surface area contributed by atoms with Crippen molar-refractivity contribution in [2.24, 2.45) is 7.05 Å². The van der Waals surface area contributed by atoms with E-state index in [1.54, 1.807) is 16.9 Å². The van der Waals surface area contributed by atoms with Gasteiger partial charge in [0.05, 0.1) is 5.69 Å². The van der Waals surface area contributed by atoms with Crippen molar-refractivity contribution in [2.75, 3.05) is 0 Å². The molecule has 0 aliphatic heterocycles.